The van der Waals surface area contributed by atoms with E-state index in [1.165, 1.54) is 0 Å². The van der Waals surface area contributed by atoms with E-state index < -0.39 is 120 Å². The molecule has 372 valence electrons. The van der Waals surface area contributed by atoms with Crippen molar-refractivity contribution < 1.29 is 63.3 Å². The van der Waals surface area contributed by atoms with Crippen LogP contribution < -0.4 is 43.0 Å². The summed E-state index contributed by atoms with van der Waals surface area (Å²) in [6, 6.07) is -10.6. The van der Waals surface area contributed by atoms with Crippen LogP contribution in [0.3, 0.4) is 0 Å². The van der Waals surface area contributed by atoms with Gasteiger partial charge in [0.1, 0.15) is 42.3 Å². The van der Waals surface area contributed by atoms with Crippen molar-refractivity contribution in [2.75, 3.05) is 0 Å². The first-order valence-corrected chi connectivity index (χ1v) is 22.5. The number of carboxylic acids is 3. The van der Waals surface area contributed by atoms with Crippen molar-refractivity contribution in [1.29, 1.82) is 0 Å². The number of hydrogen-bond donors (Lipinski definition) is 11. The summed E-state index contributed by atoms with van der Waals surface area (Å²) < 4.78 is 0. The molecule has 0 aliphatic heterocycles. The van der Waals surface area contributed by atoms with Gasteiger partial charge in [-0.2, -0.15) is 0 Å². The highest BCUT2D eigenvalue weighted by molar-refractivity contribution is 5.98. The van der Waals surface area contributed by atoms with Crippen molar-refractivity contribution in [3.63, 3.8) is 0 Å². The Morgan fingerprint density at radius 2 is 0.523 bits per heavy atom. The summed E-state index contributed by atoms with van der Waals surface area (Å²) in [6.45, 7) is 22.0. The first-order chi connectivity index (χ1) is 29.9. The van der Waals surface area contributed by atoms with Gasteiger partial charge in [-0.15, -0.1) is 0 Å². The van der Waals surface area contributed by atoms with Crippen LogP contribution in [0.1, 0.15) is 134 Å². The molecule has 21 nitrogen and oxygen atoms in total. The second-order valence-corrected chi connectivity index (χ2v) is 19.3. The zero-order valence-electron chi connectivity index (χ0n) is 40.2. The number of rotatable bonds is 31. The quantitative estimate of drug-likeness (QED) is 0.0463. The number of amides is 7. The lowest BCUT2D eigenvalue weighted by molar-refractivity contribution is -0.148. The molecule has 8 atom stereocenters. The van der Waals surface area contributed by atoms with E-state index in [-0.39, 0.29) is 67.6 Å². The molecular formula is C44H78N8O13. The maximum atomic E-state index is 14.1. The number of nitrogens with two attached hydrogens (primary N) is 1. The Morgan fingerprint density at radius 3 is 0.754 bits per heavy atom. The Morgan fingerprint density at radius 1 is 0.323 bits per heavy atom. The van der Waals surface area contributed by atoms with Crippen molar-refractivity contribution in [1.82, 2.24) is 37.2 Å². The molecule has 0 saturated heterocycles. The summed E-state index contributed by atoms with van der Waals surface area (Å²) in [5, 5.41) is 45.6. The van der Waals surface area contributed by atoms with Gasteiger partial charge in [-0.05, 0) is 74.0 Å². The van der Waals surface area contributed by atoms with Gasteiger partial charge in [0, 0.05) is 0 Å². The maximum absolute atomic E-state index is 14.1. The van der Waals surface area contributed by atoms with E-state index in [4.69, 9.17) is 10.8 Å². The smallest absolute Gasteiger partial charge is 0.326 e. The van der Waals surface area contributed by atoms with Crippen LogP contribution in [0.25, 0.3) is 0 Å². The number of hydrogen-bond acceptors (Lipinski definition) is 11. The fraction of sp³-hybridized carbons (Fsp3) is 0.773. The van der Waals surface area contributed by atoms with Crippen LogP contribution in [0, 0.1) is 35.5 Å². The Kier molecular flexibility index (Phi) is 26.8. The summed E-state index contributed by atoms with van der Waals surface area (Å²) in [5.41, 5.74) is 6.10. The van der Waals surface area contributed by atoms with Gasteiger partial charge in [-0.1, -0.05) is 83.1 Å². The molecule has 0 heterocycles. The summed E-state index contributed by atoms with van der Waals surface area (Å²) in [4.78, 5) is 130. The standard InChI is InChI=1S/C44H78N8O13/c1-21(2)13-27(45)37(57)46-28(14-22(3)4)38(58)47-29(15-23(5)6)39(59)48-30(16-24(7)8)40(60)49-31(17-25(9)10)41(61)50-32(18-26(11)12)42(62)51-33(19-35(53)54)43(63)52-34(44(64)65)20-36(55)56/h21-34H,13-20,45H2,1-12H3,(H,46,57)(H,47,58)(H,48,59)(H,49,60)(H,50,61)(H,51,62)(H,52,63)(H,53,54)(H,55,56)(H,64,65)/t27-,28-,29-,30-,31-,32-,33-,34-/m0/s1. The molecule has 65 heavy (non-hydrogen) atoms. The largest absolute Gasteiger partial charge is 0.481 e. The van der Waals surface area contributed by atoms with E-state index in [2.05, 4.69) is 31.9 Å². The minimum atomic E-state index is -1.94. The second kappa shape index (κ2) is 29.2. The lowest BCUT2D eigenvalue weighted by atomic mass is 9.97. The van der Waals surface area contributed by atoms with Crippen molar-refractivity contribution in [2.45, 2.75) is 183 Å². The van der Waals surface area contributed by atoms with Crippen LogP contribution in [-0.4, -0.2) is 123 Å². The van der Waals surface area contributed by atoms with Gasteiger partial charge in [0.25, 0.3) is 0 Å². The number of carbonyl (C=O) groups excluding carboxylic acids is 7. The van der Waals surface area contributed by atoms with Gasteiger partial charge in [0.05, 0.1) is 18.9 Å². The topological polar surface area (TPSA) is 342 Å². The minimum absolute atomic E-state index is 0.0133. The van der Waals surface area contributed by atoms with Crippen molar-refractivity contribution in [3.05, 3.63) is 0 Å². The van der Waals surface area contributed by atoms with Crippen LogP contribution >= 0.6 is 0 Å². The predicted octanol–water partition coefficient (Wildman–Crippen LogP) is 1.02. The predicted molar refractivity (Wildman–Crippen MR) is 240 cm³/mol. The molecule has 0 radical (unpaired) electrons. The number of aliphatic carboxylic acids is 3. The molecule has 0 bridgehead atoms. The molecular weight excluding hydrogens is 849 g/mol. The van der Waals surface area contributed by atoms with Crippen LogP contribution in [0.2, 0.25) is 0 Å². The van der Waals surface area contributed by atoms with Gasteiger partial charge >= 0.3 is 17.9 Å². The number of carboxylic acid groups (broad SMARTS) is 3. The van der Waals surface area contributed by atoms with Gasteiger partial charge in [-0.25, -0.2) is 4.79 Å². The Hall–Kier alpha value is -5.34. The summed E-state index contributed by atoms with van der Waals surface area (Å²) in [6.07, 6.45) is -1.05. The number of nitrogens with one attached hydrogen (secondary N) is 7. The van der Waals surface area contributed by atoms with Gasteiger partial charge in [0.15, 0.2) is 0 Å². The molecule has 0 saturated carbocycles. The van der Waals surface area contributed by atoms with Crippen molar-refractivity contribution in [2.24, 2.45) is 41.2 Å². The van der Waals surface area contributed by atoms with E-state index in [0.717, 1.165) is 0 Å². The molecule has 0 rings (SSSR count). The Labute approximate surface area is 383 Å². The zero-order valence-corrected chi connectivity index (χ0v) is 40.2. The Bertz CT molecular complexity index is 1630. The molecule has 21 heteroatoms. The average molecular weight is 927 g/mol. The zero-order chi connectivity index (χ0) is 50.5. The van der Waals surface area contributed by atoms with Crippen LogP contribution in [-0.2, 0) is 47.9 Å². The molecule has 0 aromatic carbocycles. The molecule has 0 fully saturated rings. The summed E-state index contributed by atoms with van der Waals surface area (Å²) in [5.74, 6) is -11.0. The first kappa shape index (κ1) is 59.7. The van der Waals surface area contributed by atoms with Gasteiger partial charge in [0.2, 0.25) is 41.4 Å². The van der Waals surface area contributed by atoms with Crippen molar-refractivity contribution >= 4 is 59.3 Å². The highest BCUT2D eigenvalue weighted by Gasteiger charge is 2.36. The molecule has 0 aromatic rings. The molecule has 0 spiro atoms. The molecule has 7 amide bonds. The van der Waals surface area contributed by atoms with Crippen LogP contribution in [0.15, 0.2) is 0 Å². The van der Waals surface area contributed by atoms with Crippen LogP contribution in [0.5, 0.6) is 0 Å². The molecule has 12 N–H and O–H groups in total. The number of carbonyl (C=O) groups is 10. The lowest BCUT2D eigenvalue weighted by Gasteiger charge is -2.29. The van der Waals surface area contributed by atoms with Gasteiger partial charge < -0.3 is 58.3 Å². The highest BCUT2D eigenvalue weighted by Crippen LogP contribution is 2.14. The fourth-order valence-corrected chi connectivity index (χ4v) is 6.80. The van der Waals surface area contributed by atoms with Crippen LogP contribution in [0.4, 0.5) is 0 Å². The third kappa shape index (κ3) is 25.1. The maximum Gasteiger partial charge on any atom is 0.326 e. The van der Waals surface area contributed by atoms with E-state index in [1.54, 1.807) is 27.7 Å². The van der Waals surface area contributed by atoms with E-state index in [0.29, 0.717) is 6.42 Å². The van der Waals surface area contributed by atoms with Gasteiger partial charge in [-0.3, -0.25) is 43.2 Å². The van der Waals surface area contributed by atoms with E-state index >= 15 is 0 Å². The van der Waals surface area contributed by atoms with E-state index in [9.17, 15) is 58.2 Å². The van der Waals surface area contributed by atoms with Crippen molar-refractivity contribution in [3.8, 4) is 0 Å². The third-order valence-corrected chi connectivity index (χ3v) is 9.77. The monoisotopic (exact) mass is 927 g/mol. The normalized spacial score (nSPS) is 15.2. The molecule has 0 aliphatic carbocycles. The highest BCUT2D eigenvalue weighted by atomic mass is 16.4. The molecule has 0 unspecified atom stereocenters. The van der Waals surface area contributed by atoms with E-state index in [1.807, 2.05) is 60.7 Å². The third-order valence-electron chi connectivity index (χ3n) is 9.77. The SMILES string of the molecule is CC(C)C[C@H](NC(=O)[C@H](CC(C)C)NC(=O)[C@H](CC(C)C)NC(=O)[C@H](CC(C)C)NC(=O)[C@H](CC(C)C)NC(=O)[C@@H](N)CC(C)C)C(=O)N[C@@H](CC(=O)O)C(=O)N[C@@H](CC(=O)O)C(=O)O. The minimum Gasteiger partial charge on any atom is -0.481 e. The fourth-order valence-electron chi connectivity index (χ4n) is 6.80. The second-order valence-electron chi connectivity index (χ2n) is 19.3. The Balaban J connectivity index is 6.55. The average Bonchev–Trinajstić information content (AvgIpc) is 3.14. The molecule has 0 aliphatic rings. The molecule has 0 aromatic heterocycles. The first-order valence-electron chi connectivity index (χ1n) is 22.5. The summed E-state index contributed by atoms with van der Waals surface area (Å²) in [7, 11) is 0. The summed E-state index contributed by atoms with van der Waals surface area (Å²) >= 11 is 0. The lowest BCUT2D eigenvalue weighted by Crippen LogP contribution is -2.60.